The largest absolute Gasteiger partial charge is 0.300 e. The Morgan fingerprint density at radius 3 is 2.12 bits per heavy atom. The maximum Gasteiger partial charge on any atom is 0.0152 e. The van der Waals surface area contributed by atoms with Gasteiger partial charge >= 0.3 is 0 Å². The molecule has 1 heterocycles. The summed E-state index contributed by atoms with van der Waals surface area (Å²) in [5, 5.41) is 0. The fourth-order valence-electron chi connectivity index (χ4n) is 6.48. The molecule has 5 fully saturated rings. The molecule has 1 unspecified atom stereocenters. The Balaban J connectivity index is 1.63. The van der Waals surface area contributed by atoms with Gasteiger partial charge < -0.3 is 4.90 Å². The molecule has 1 nitrogen and oxygen atoms in total. The molecule has 0 spiro atoms. The lowest BCUT2D eigenvalue weighted by atomic mass is 9.47. The van der Waals surface area contributed by atoms with E-state index >= 15 is 0 Å². The van der Waals surface area contributed by atoms with Gasteiger partial charge in [0.1, 0.15) is 0 Å². The Hall–Kier alpha value is -0.0400. The van der Waals surface area contributed by atoms with Gasteiger partial charge in [-0.05, 0) is 87.6 Å². The van der Waals surface area contributed by atoms with Crippen LogP contribution in [0.3, 0.4) is 0 Å². The average Bonchev–Trinajstić information content (AvgIpc) is 2.75. The van der Waals surface area contributed by atoms with Crippen LogP contribution < -0.4 is 0 Å². The van der Waals surface area contributed by atoms with Gasteiger partial charge in [-0.3, -0.25) is 0 Å². The molecule has 0 radical (unpaired) electrons. The van der Waals surface area contributed by atoms with E-state index in [-0.39, 0.29) is 0 Å². The summed E-state index contributed by atoms with van der Waals surface area (Å²) in [6, 6.07) is 0.973. The summed E-state index contributed by atoms with van der Waals surface area (Å²) in [5.74, 6) is 3.38. The number of hydrogen-bond donors (Lipinski definition) is 0. The van der Waals surface area contributed by atoms with Crippen LogP contribution in [0.25, 0.3) is 0 Å². The Labute approximate surface area is 106 Å². The Kier molecular flexibility index (Phi) is 2.38. The van der Waals surface area contributed by atoms with Crippen molar-refractivity contribution in [2.45, 2.75) is 64.3 Å². The molecular weight excluding hydrogens is 206 g/mol. The second-order valence-electron chi connectivity index (χ2n) is 7.57. The van der Waals surface area contributed by atoms with Crippen LogP contribution in [0, 0.1) is 23.2 Å². The van der Waals surface area contributed by atoms with Crippen molar-refractivity contribution >= 4 is 0 Å². The van der Waals surface area contributed by atoms with Gasteiger partial charge in [-0.2, -0.15) is 0 Å². The van der Waals surface area contributed by atoms with E-state index in [2.05, 4.69) is 11.8 Å². The highest BCUT2D eigenvalue weighted by atomic mass is 15.2. The maximum atomic E-state index is 2.83. The van der Waals surface area contributed by atoms with Crippen LogP contribution in [-0.2, 0) is 0 Å². The molecule has 0 aromatic rings. The minimum Gasteiger partial charge on any atom is -0.300 e. The van der Waals surface area contributed by atoms with Gasteiger partial charge in [0.05, 0.1) is 0 Å². The van der Waals surface area contributed by atoms with E-state index in [9.17, 15) is 0 Å². The average molecular weight is 233 g/mol. The SMILES string of the molecule is CCN1CCCC1C12CC3CC(CC(C3)C1)C2. The second kappa shape index (κ2) is 3.73. The summed E-state index contributed by atoms with van der Waals surface area (Å²) in [5.41, 5.74) is 0.779. The van der Waals surface area contributed by atoms with Crippen LogP contribution in [0.4, 0.5) is 0 Å². The fraction of sp³-hybridized carbons (Fsp3) is 1.00. The van der Waals surface area contributed by atoms with Gasteiger partial charge in [0, 0.05) is 6.04 Å². The summed E-state index contributed by atoms with van der Waals surface area (Å²) in [6.45, 7) is 5.06. The van der Waals surface area contributed by atoms with E-state index in [4.69, 9.17) is 0 Å². The molecule has 1 saturated heterocycles. The number of hydrogen-bond acceptors (Lipinski definition) is 1. The molecule has 4 saturated carbocycles. The number of rotatable bonds is 2. The van der Waals surface area contributed by atoms with E-state index in [0.717, 1.165) is 29.2 Å². The predicted molar refractivity (Wildman–Crippen MR) is 70.9 cm³/mol. The zero-order valence-electron chi connectivity index (χ0n) is 11.3. The zero-order valence-corrected chi connectivity index (χ0v) is 11.3. The molecule has 1 heteroatoms. The minimum absolute atomic E-state index is 0.779. The van der Waals surface area contributed by atoms with Crippen molar-refractivity contribution in [3.8, 4) is 0 Å². The van der Waals surface area contributed by atoms with E-state index in [1.54, 1.807) is 38.5 Å². The number of nitrogens with zero attached hydrogens (tertiary/aromatic N) is 1. The first kappa shape index (κ1) is 10.8. The zero-order chi connectivity index (χ0) is 11.5. The first-order valence-electron chi connectivity index (χ1n) is 8.03. The summed E-state index contributed by atoms with van der Waals surface area (Å²) in [4.78, 5) is 2.83. The molecule has 17 heavy (non-hydrogen) atoms. The first-order valence-corrected chi connectivity index (χ1v) is 8.03. The molecule has 5 rings (SSSR count). The van der Waals surface area contributed by atoms with Gasteiger partial charge in [-0.1, -0.05) is 6.92 Å². The van der Waals surface area contributed by atoms with Gasteiger partial charge in [0.2, 0.25) is 0 Å². The van der Waals surface area contributed by atoms with E-state index in [1.807, 2.05) is 0 Å². The lowest BCUT2D eigenvalue weighted by Gasteiger charge is -2.60. The lowest BCUT2D eigenvalue weighted by Crippen LogP contribution is -2.55. The predicted octanol–water partition coefficient (Wildman–Crippen LogP) is 3.69. The van der Waals surface area contributed by atoms with Crippen molar-refractivity contribution in [1.82, 2.24) is 4.90 Å². The molecule has 0 amide bonds. The quantitative estimate of drug-likeness (QED) is 0.703. The van der Waals surface area contributed by atoms with Crippen LogP contribution in [-0.4, -0.2) is 24.0 Å². The third-order valence-electron chi connectivity index (χ3n) is 6.56. The Bertz CT molecular complexity index is 273. The summed E-state index contributed by atoms with van der Waals surface area (Å²) >= 11 is 0. The van der Waals surface area contributed by atoms with Crippen LogP contribution in [0.15, 0.2) is 0 Å². The molecule has 5 aliphatic rings. The Morgan fingerprint density at radius 1 is 1.00 bits per heavy atom. The van der Waals surface area contributed by atoms with Crippen LogP contribution in [0.2, 0.25) is 0 Å². The molecule has 0 aromatic heterocycles. The van der Waals surface area contributed by atoms with Crippen molar-refractivity contribution in [3.05, 3.63) is 0 Å². The maximum absolute atomic E-state index is 2.83. The molecule has 1 atom stereocenters. The topological polar surface area (TPSA) is 3.24 Å². The standard InChI is InChI=1S/C16H27N/c1-2-17-5-3-4-15(17)16-9-12-6-13(10-16)8-14(7-12)11-16/h12-15H,2-11H2,1H3. The molecular formula is C16H27N. The van der Waals surface area contributed by atoms with E-state index in [0.29, 0.717) is 0 Å². The summed E-state index contributed by atoms with van der Waals surface area (Å²) < 4.78 is 0. The van der Waals surface area contributed by atoms with Gasteiger partial charge in [0.25, 0.3) is 0 Å². The van der Waals surface area contributed by atoms with Crippen molar-refractivity contribution in [1.29, 1.82) is 0 Å². The van der Waals surface area contributed by atoms with Crippen molar-refractivity contribution in [2.75, 3.05) is 13.1 Å². The number of likely N-dealkylation sites (tertiary alicyclic amines) is 1. The summed E-state index contributed by atoms with van der Waals surface area (Å²) in [7, 11) is 0. The van der Waals surface area contributed by atoms with Gasteiger partial charge in [-0.15, -0.1) is 0 Å². The minimum atomic E-state index is 0.779. The highest BCUT2D eigenvalue weighted by molar-refractivity contribution is 5.07. The third kappa shape index (κ3) is 1.54. The molecule has 96 valence electrons. The van der Waals surface area contributed by atoms with Crippen LogP contribution in [0.1, 0.15) is 58.3 Å². The molecule has 4 bridgehead atoms. The van der Waals surface area contributed by atoms with Crippen LogP contribution >= 0.6 is 0 Å². The van der Waals surface area contributed by atoms with Crippen molar-refractivity contribution < 1.29 is 0 Å². The normalized spacial score (nSPS) is 53.5. The Morgan fingerprint density at radius 2 is 1.59 bits per heavy atom. The van der Waals surface area contributed by atoms with E-state index in [1.165, 1.54) is 25.9 Å². The monoisotopic (exact) mass is 233 g/mol. The first-order chi connectivity index (χ1) is 8.29. The molecule has 4 aliphatic carbocycles. The van der Waals surface area contributed by atoms with Crippen molar-refractivity contribution in [3.63, 3.8) is 0 Å². The second-order valence-corrected chi connectivity index (χ2v) is 7.57. The smallest absolute Gasteiger partial charge is 0.0152 e. The van der Waals surface area contributed by atoms with Crippen molar-refractivity contribution in [2.24, 2.45) is 23.2 Å². The molecule has 0 aromatic carbocycles. The van der Waals surface area contributed by atoms with Crippen LogP contribution in [0.5, 0.6) is 0 Å². The van der Waals surface area contributed by atoms with Gasteiger partial charge in [-0.25, -0.2) is 0 Å². The third-order valence-corrected chi connectivity index (χ3v) is 6.56. The fourth-order valence-corrected chi connectivity index (χ4v) is 6.48. The van der Waals surface area contributed by atoms with E-state index < -0.39 is 0 Å². The molecule has 0 N–H and O–H groups in total. The van der Waals surface area contributed by atoms with Gasteiger partial charge in [0.15, 0.2) is 0 Å². The lowest BCUT2D eigenvalue weighted by molar-refractivity contribution is -0.0920. The summed E-state index contributed by atoms with van der Waals surface area (Å²) in [6.07, 6.45) is 12.6. The highest BCUT2D eigenvalue weighted by Gasteiger charge is 2.55. The highest BCUT2D eigenvalue weighted by Crippen LogP contribution is 2.62. The molecule has 1 aliphatic heterocycles.